The summed E-state index contributed by atoms with van der Waals surface area (Å²) in [5.74, 6) is 0. The van der Waals surface area contributed by atoms with Crippen molar-refractivity contribution in [2.24, 2.45) is 0 Å². The minimum Gasteiger partial charge on any atom is -1.00 e. The zero-order chi connectivity index (χ0) is 41.9. The van der Waals surface area contributed by atoms with Crippen LogP contribution in [0.1, 0.15) is 65.6 Å². The predicted octanol–water partition coefficient (Wildman–Crippen LogP) is 2.32. The van der Waals surface area contributed by atoms with E-state index in [1.165, 1.54) is 5.56 Å². The first-order chi connectivity index (χ1) is 27.4. The summed E-state index contributed by atoms with van der Waals surface area (Å²) in [6, 6.07) is 22.2. The van der Waals surface area contributed by atoms with E-state index >= 15 is 0 Å². The van der Waals surface area contributed by atoms with E-state index in [9.17, 15) is 29.7 Å². The van der Waals surface area contributed by atoms with Crippen molar-refractivity contribution in [1.29, 1.82) is 0 Å². The summed E-state index contributed by atoms with van der Waals surface area (Å²) in [6.07, 6.45) is 0.755. The van der Waals surface area contributed by atoms with Gasteiger partial charge in [-0.15, -0.1) is 23.2 Å². The predicted molar refractivity (Wildman–Crippen MR) is 261 cm³/mol. The molecule has 8 rings (SSSR count). The van der Waals surface area contributed by atoms with Gasteiger partial charge in [-0.25, -0.2) is 0 Å². The number of aliphatic hydroxyl groups is 1. The van der Waals surface area contributed by atoms with E-state index in [4.69, 9.17) is 46.9 Å². The summed E-state index contributed by atoms with van der Waals surface area (Å²) >= 11 is 22.4. The standard InChI is InChI=1S/C9H9BO4.C8H8BBrO2.C8H9BO3.C8H7BO3.CH2Cl2.2CH4.B.Br3P.Na.H/c11-6-13-4-7-1-2-8-5-14-10(12)9(8)3-7;3*10-4-6-1-2-7-5-12-9(11)8(7)3-6;2-1-3;;;;1-4(2)3;;/h1-3,6,12H,4-5H2;1-3,11H,4-5H2;1-3,10-11H,4-5H2;1-4,11H,5H2;1H2;2*1H4;;;;/q;;;;;;;;;+1;-1. The molecule has 25 heteroatoms. The molecule has 0 unspecified atom stereocenters. The number of aldehydes is 1. The Morgan fingerprint density at radius 3 is 1.34 bits per heavy atom. The average Bonchev–Trinajstić information content (AvgIpc) is 3.99. The quantitative estimate of drug-likeness (QED) is 0.0825. The van der Waals surface area contributed by atoms with Gasteiger partial charge in [-0.05, 0) is 107 Å². The van der Waals surface area contributed by atoms with Crippen LogP contribution < -0.4 is 51.4 Å². The van der Waals surface area contributed by atoms with Crippen LogP contribution in [0.5, 0.6) is 0 Å². The van der Waals surface area contributed by atoms with E-state index in [0.717, 1.165) is 61.4 Å². The molecule has 3 radical (unpaired) electrons. The van der Waals surface area contributed by atoms with Gasteiger partial charge in [0.25, 0.3) is 6.47 Å². The number of rotatable bonds is 6. The summed E-state index contributed by atoms with van der Waals surface area (Å²) in [6.45, 7) is 2.48. The molecule has 323 valence electrons. The number of alkyl halides is 3. The molecule has 61 heavy (non-hydrogen) atoms. The van der Waals surface area contributed by atoms with Crippen molar-refractivity contribution in [2.45, 2.75) is 59.8 Å². The molecule has 0 atom stereocenters. The molecule has 0 spiro atoms. The van der Waals surface area contributed by atoms with Gasteiger partial charge < -0.3 is 50.0 Å². The van der Waals surface area contributed by atoms with E-state index in [1.807, 2.05) is 42.5 Å². The number of halogens is 6. The Morgan fingerprint density at radius 1 is 0.656 bits per heavy atom. The minimum atomic E-state index is -0.861. The van der Waals surface area contributed by atoms with Crippen molar-refractivity contribution in [3.8, 4) is 0 Å². The molecule has 0 aromatic heterocycles. The van der Waals surface area contributed by atoms with Gasteiger partial charge in [-0.3, -0.25) is 9.59 Å². The molecular formula is C36H44B5Br4Cl2NaO12P. The molecule has 0 saturated heterocycles. The molecule has 4 aliphatic rings. The Kier molecular flexibility index (Phi) is 35.4. The van der Waals surface area contributed by atoms with Crippen LogP contribution in [-0.2, 0) is 73.1 Å². The Labute approximate surface area is 428 Å². The zero-order valence-electron chi connectivity index (χ0n) is 32.4. The van der Waals surface area contributed by atoms with Gasteiger partial charge in [0.15, 0.2) is 0 Å². The molecule has 4 aromatic rings. The number of hydrogen-bond donors (Lipinski definition) is 5. The van der Waals surface area contributed by atoms with E-state index in [0.29, 0.717) is 43.9 Å². The van der Waals surface area contributed by atoms with Crippen molar-refractivity contribution in [3.05, 3.63) is 117 Å². The van der Waals surface area contributed by atoms with Crippen LogP contribution in [0.2, 0.25) is 0 Å². The maximum Gasteiger partial charge on any atom is 1.00 e. The molecule has 0 bridgehead atoms. The molecule has 0 fully saturated rings. The molecule has 0 amide bonds. The van der Waals surface area contributed by atoms with Crippen LogP contribution in [0.25, 0.3) is 0 Å². The molecule has 0 saturated carbocycles. The SMILES string of the molecule is BrP(Br)Br.C.C.ClCCl.O=COCc1ccc2c(c1)B(O)OC2.O=Cc1ccc2c(c1)B(O)OC2.OB1OCc2ccc(CBr)cc21.OCc1ccc2c(c1)B(O)OC2.[B].[H-].[Na+]. The second-order valence-electron chi connectivity index (χ2n) is 11.8. The van der Waals surface area contributed by atoms with E-state index in [1.54, 1.807) is 30.3 Å². The normalized spacial score (nSPS) is 12.9. The van der Waals surface area contributed by atoms with Crippen LogP contribution in [0.3, 0.4) is 0 Å². The minimum absolute atomic E-state index is 0. The first-order valence-corrected chi connectivity index (χ1v) is 26.2. The van der Waals surface area contributed by atoms with Crippen LogP contribution in [0.15, 0.2) is 72.8 Å². The molecule has 4 heterocycles. The number of benzene rings is 4. The van der Waals surface area contributed by atoms with Crippen molar-refractivity contribution >= 4 is 161 Å². The monoisotopic (exact) mass is 1160 g/mol. The topological polar surface area (TPSA) is 181 Å². The van der Waals surface area contributed by atoms with E-state index < -0.39 is 28.5 Å². The van der Waals surface area contributed by atoms with Crippen LogP contribution in [-0.4, -0.2) is 80.2 Å². The number of carbonyl (C=O) groups is 2. The van der Waals surface area contributed by atoms with Gasteiger partial charge in [0.2, 0.25) is 0 Å². The number of aliphatic hydroxyl groups excluding tert-OH is 1. The largest absolute Gasteiger partial charge is 1.00 e. The molecule has 4 aromatic carbocycles. The molecular weight excluding hydrogens is 1120 g/mol. The maximum atomic E-state index is 10.4. The van der Waals surface area contributed by atoms with Gasteiger partial charge in [-0.2, -0.15) is 0 Å². The van der Waals surface area contributed by atoms with Crippen molar-refractivity contribution in [2.75, 3.05) is 5.34 Å². The van der Waals surface area contributed by atoms with Gasteiger partial charge >= 0.3 is 58.0 Å². The van der Waals surface area contributed by atoms with Crippen LogP contribution in [0.4, 0.5) is 0 Å². The smallest absolute Gasteiger partial charge is 1.00 e. The summed E-state index contributed by atoms with van der Waals surface area (Å²) < 4.78 is 24.5. The summed E-state index contributed by atoms with van der Waals surface area (Å²) in [7, 11) is -3.24. The summed E-state index contributed by atoms with van der Waals surface area (Å²) in [4.78, 5) is 20.4. The third kappa shape index (κ3) is 21.0. The molecule has 0 aliphatic carbocycles. The zero-order valence-corrected chi connectivity index (χ0v) is 42.2. The van der Waals surface area contributed by atoms with Gasteiger partial charge in [0.05, 0.1) is 38.4 Å². The Balaban J connectivity index is -0.000000695. The van der Waals surface area contributed by atoms with Gasteiger partial charge in [0, 0.05) is 19.3 Å². The van der Waals surface area contributed by atoms with E-state index in [-0.39, 0.29) is 76.8 Å². The van der Waals surface area contributed by atoms with E-state index in [2.05, 4.69) is 67.1 Å². The fourth-order valence-corrected chi connectivity index (χ4v) is 5.85. The molecule has 5 N–H and O–H groups in total. The third-order valence-electron chi connectivity index (χ3n) is 8.24. The van der Waals surface area contributed by atoms with Crippen molar-refractivity contribution in [1.82, 2.24) is 0 Å². The number of ether oxygens (including phenoxy) is 1. The fraction of sp³-hybridized carbons (Fsp3) is 0.278. The first-order valence-electron chi connectivity index (χ1n) is 16.6. The number of hydrogen-bond acceptors (Lipinski definition) is 12. The summed E-state index contributed by atoms with van der Waals surface area (Å²) in [5.41, 5.74) is 10.6. The Bertz CT molecular complexity index is 1850. The van der Waals surface area contributed by atoms with Crippen LogP contribution in [0, 0.1) is 0 Å². The van der Waals surface area contributed by atoms with Crippen molar-refractivity contribution in [3.63, 3.8) is 0 Å². The molecule has 4 aliphatic heterocycles. The van der Waals surface area contributed by atoms with Crippen LogP contribution >= 0.6 is 89.6 Å². The summed E-state index contributed by atoms with van der Waals surface area (Å²) in [5, 5.41) is 47.2. The van der Waals surface area contributed by atoms with Crippen molar-refractivity contribution < 1.29 is 89.1 Å². The fourth-order valence-electron chi connectivity index (χ4n) is 5.50. The average molecular weight is 1170 g/mol. The third-order valence-corrected chi connectivity index (χ3v) is 8.89. The van der Waals surface area contributed by atoms with Gasteiger partial charge in [-0.1, -0.05) is 104 Å². The first kappa shape index (κ1) is 63.0. The molecule has 12 nitrogen and oxygen atoms in total. The van der Waals surface area contributed by atoms with Gasteiger partial charge in [0.1, 0.15) is 16.9 Å². The number of fused-ring (bicyclic) bond motifs is 4. The second kappa shape index (κ2) is 34.3. The number of carbonyl (C=O) groups excluding carboxylic acids is 2. The Morgan fingerprint density at radius 2 is 0.984 bits per heavy atom. The maximum absolute atomic E-state index is 10.4. The Hall–Kier alpha value is -0.0853. The second-order valence-corrected chi connectivity index (χ2v) is 28.5.